The van der Waals surface area contributed by atoms with Crippen molar-refractivity contribution in [2.45, 2.75) is 19.8 Å². The number of aryl methyl sites for hydroxylation is 1. The summed E-state index contributed by atoms with van der Waals surface area (Å²) in [5, 5.41) is 8.86. The van der Waals surface area contributed by atoms with Gasteiger partial charge in [-0.15, -0.1) is 0 Å². The molecule has 1 aromatic rings. The molecule has 92 valence electrons. The van der Waals surface area contributed by atoms with Gasteiger partial charge in [0.15, 0.2) is 0 Å². The van der Waals surface area contributed by atoms with Crippen LogP contribution in [0.25, 0.3) is 0 Å². The Labute approximate surface area is 98.7 Å². The number of carbonyl (C=O) groups excluding carboxylic acids is 1. The fourth-order valence-electron chi connectivity index (χ4n) is 2.03. The summed E-state index contributed by atoms with van der Waals surface area (Å²) in [5.74, 6) is -0.486. The normalized spacial score (nSPS) is 17.1. The second-order valence-electron chi connectivity index (χ2n) is 4.29. The molecule has 1 fully saturated rings. The standard InChI is InChI=1S/C11H15N3O3/c1-7-12-6-9(13-7)10(15)14-4-2-8(3-5-14)11(16)17/h6,8H,2-5H2,1H3,(H,12,13)(H,16,17). The summed E-state index contributed by atoms with van der Waals surface area (Å²) in [6, 6.07) is 0. The maximum absolute atomic E-state index is 12.0. The quantitative estimate of drug-likeness (QED) is 0.791. The fourth-order valence-corrected chi connectivity index (χ4v) is 2.03. The third kappa shape index (κ3) is 2.46. The lowest BCUT2D eigenvalue weighted by Gasteiger charge is -2.29. The van der Waals surface area contributed by atoms with Crippen LogP contribution in [0, 0.1) is 12.8 Å². The third-order valence-corrected chi connectivity index (χ3v) is 3.06. The molecule has 0 bridgehead atoms. The van der Waals surface area contributed by atoms with E-state index in [1.807, 2.05) is 0 Å². The van der Waals surface area contributed by atoms with Gasteiger partial charge in [0, 0.05) is 13.1 Å². The van der Waals surface area contributed by atoms with Crippen LogP contribution in [0.15, 0.2) is 6.20 Å². The Morgan fingerprint density at radius 2 is 2.12 bits per heavy atom. The van der Waals surface area contributed by atoms with Crippen molar-refractivity contribution in [1.29, 1.82) is 0 Å². The molecule has 1 aromatic heterocycles. The van der Waals surface area contributed by atoms with E-state index < -0.39 is 5.97 Å². The van der Waals surface area contributed by atoms with Crippen LogP contribution in [0.5, 0.6) is 0 Å². The van der Waals surface area contributed by atoms with Crippen molar-refractivity contribution in [3.63, 3.8) is 0 Å². The van der Waals surface area contributed by atoms with Gasteiger partial charge in [0.05, 0.1) is 12.1 Å². The molecule has 1 amide bonds. The van der Waals surface area contributed by atoms with Crippen LogP contribution in [0.3, 0.4) is 0 Å². The molecule has 0 aromatic carbocycles. The van der Waals surface area contributed by atoms with Crippen LogP contribution >= 0.6 is 0 Å². The predicted octanol–water partition coefficient (Wildman–Crippen LogP) is 0.655. The number of nitrogens with one attached hydrogen (secondary N) is 1. The van der Waals surface area contributed by atoms with Crippen LogP contribution in [-0.2, 0) is 4.79 Å². The third-order valence-electron chi connectivity index (χ3n) is 3.06. The Bertz CT molecular complexity index is 433. The van der Waals surface area contributed by atoms with Gasteiger partial charge in [-0.2, -0.15) is 0 Å². The molecule has 17 heavy (non-hydrogen) atoms. The van der Waals surface area contributed by atoms with E-state index in [0.717, 1.165) is 0 Å². The van der Waals surface area contributed by atoms with Crippen molar-refractivity contribution in [1.82, 2.24) is 14.9 Å². The molecule has 0 atom stereocenters. The van der Waals surface area contributed by atoms with Crippen LogP contribution < -0.4 is 0 Å². The van der Waals surface area contributed by atoms with Crippen LogP contribution in [0.2, 0.25) is 0 Å². The summed E-state index contributed by atoms with van der Waals surface area (Å²) < 4.78 is 0. The molecule has 6 heteroatoms. The van der Waals surface area contributed by atoms with Gasteiger partial charge in [-0.1, -0.05) is 0 Å². The lowest BCUT2D eigenvalue weighted by atomic mass is 9.97. The van der Waals surface area contributed by atoms with Crippen molar-refractivity contribution in [2.24, 2.45) is 5.92 Å². The summed E-state index contributed by atoms with van der Waals surface area (Å²) in [7, 11) is 0. The SMILES string of the molecule is Cc1ncc(C(=O)N2CCC(C(=O)O)CC2)[nH]1. The summed E-state index contributed by atoms with van der Waals surface area (Å²) in [4.78, 5) is 31.3. The Hall–Kier alpha value is -1.85. The molecule has 0 unspecified atom stereocenters. The highest BCUT2D eigenvalue weighted by molar-refractivity contribution is 5.92. The number of hydrogen-bond donors (Lipinski definition) is 2. The van der Waals surface area contributed by atoms with Gasteiger partial charge in [-0.3, -0.25) is 9.59 Å². The first-order valence-electron chi connectivity index (χ1n) is 5.61. The lowest BCUT2D eigenvalue weighted by molar-refractivity contribution is -0.143. The number of piperidine rings is 1. The van der Waals surface area contributed by atoms with Crippen LogP contribution in [0.4, 0.5) is 0 Å². The highest BCUT2D eigenvalue weighted by Crippen LogP contribution is 2.18. The fraction of sp³-hybridized carbons (Fsp3) is 0.545. The summed E-state index contributed by atoms with van der Waals surface area (Å²) in [5.41, 5.74) is 0.469. The summed E-state index contributed by atoms with van der Waals surface area (Å²) in [6.07, 6.45) is 2.56. The molecular weight excluding hydrogens is 222 g/mol. The van der Waals surface area contributed by atoms with Gasteiger partial charge in [0.25, 0.3) is 5.91 Å². The number of imidazole rings is 1. The Balaban J connectivity index is 1.97. The predicted molar refractivity (Wildman–Crippen MR) is 59.6 cm³/mol. The van der Waals surface area contributed by atoms with E-state index in [4.69, 9.17) is 5.11 Å². The molecule has 2 N–H and O–H groups in total. The number of amides is 1. The molecule has 0 saturated carbocycles. The van der Waals surface area contributed by atoms with E-state index in [2.05, 4.69) is 9.97 Å². The van der Waals surface area contributed by atoms with Crippen molar-refractivity contribution in [3.8, 4) is 0 Å². The number of aliphatic carboxylic acids is 1. The Morgan fingerprint density at radius 3 is 2.59 bits per heavy atom. The van der Waals surface area contributed by atoms with Gasteiger partial charge < -0.3 is 15.0 Å². The number of H-pyrrole nitrogens is 1. The molecular formula is C11H15N3O3. The molecule has 0 radical (unpaired) electrons. The van der Waals surface area contributed by atoms with E-state index in [0.29, 0.717) is 37.4 Å². The first-order chi connectivity index (χ1) is 8.08. The number of carboxylic acids is 1. The average Bonchev–Trinajstić information content (AvgIpc) is 2.75. The van der Waals surface area contributed by atoms with Gasteiger partial charge in [-0.25, -0.2) is 4.98 Å². The summed E-state index contributed by atoms with van der Waals surface area (Å²) in [6.45, 7) is 2.77. The zero-order chi connectivity index (χ0) is 12.4. The monoisotopic (exact) mass is 237 g/mol. The lowest BCUT2D eigenvalue weighted by Crippen LogP contribution is -2.40. The minimum Gasteiger partial charge on any atom is -0.481 e. The number of aromatic nitrogens is 2. The molecule has 2 heterocycles. The number of hydrogen-bond acceptors (Lipinski definition) is 3. The molecule has 2 rings (SSSR count). The number of likely N-dealkylation sites (tertiary alicyclic amines) is 1. The maximum Gasteiger partial charge on any atom is 0.306 e. The number of nitrogens with zero attached hydrogens (tertiary/aromatic N) is 2. The molecule has 1 aliphatic rings. The van der Waals surface area contributed by atoms with Crippen molar-refractivity contribution in [2.75, 3.05) is 13.1 Å². The van der Waals surface area contributed by atoms with Gasteiger partial charge >= 0.3 is 5.97 Å². The van der Waals surface area contributed by atoms with E-state index in [1.54, 1.807) is 11.8 Å². The molecule has 0 aliphatic carbocycles. The zero-order valence-electron chi connectivity index (χ0n) is 9.64. The molecule has 6 nitrogen and oxygen atoms in total. The highest BCUT2D eigenvalue weighted by Gasteiger charge is 2.27. The Morgan fingerprint density at radius 1 is 1.47 bits per heavy atom. The van der Waals surface area contributed by atoms with E-state index in [-0.39, 0.29) is 11.8 Å². The topological polar surface area (TPSA) is 86.3 Å². The van der Waals surface area contributed by atoms with Gasteiger partial charge in [0.1, 0.15) is 11.5 Å². The van der Waals surface area contributed by atoms with Crippen LogP contribution in [-0.4, -0.2) is 44.9 Å². The number of aromatic amines is 1. The van der Waals surface area contributed by atoms with Gasteiger partial charge in [0.2, 0.25) is 0 Å². The second kappa shape index (κ2) is 4.57. The highest BCUT2D eigenvalue weighted by atomic mass is 16.4. The zero-order valence-corrected chi connectivity index (χ0v) is 9.64. The maximum atomic E-state index is 12.0. The minimum atomic E-state index is -0.769. The van der Waals surface area contributed by atoms with Crippen molar-refractivity contribution >= 4 is 11.9 Å². The number of rotatable bonds is 2. The molecule has 1 aliphatic heterocycles. The van der Waals surface area contributed by atoms with E-state index in [1.165, 1.54) is 6.20 Å². The molecule has 0 spiro atoms. The minimum absolute atomic E-state index is 0.102. The number of carboxylic acid groups (broad SMARTS) is 1. The van der Waals surface area contributed by atoms with Gasteiger partial charge in [-0.05, 0) is 19.8 Å². The smallest absolute Gasteiger partial charge is 0.306 e. The van der Waals surface area contributed by atoms with Crippen LogP contribution in [0.1, 0.15) is 29.2 Å². The average molecular weight is 237 g/mol. The molecule has 1 saturated heterocycles. The first-order valence-corrected chi connectivity index (χ1v) is 5.61. The van der Waals surface area contributed by atoms with Crippen molar-refractivity contribution < 1.29 is 14.7 Å². The van der Waals surface area contributed by atoms with E-state index in [9.17, 15) is 9.59 Å². The van der Waals surface area contributed by atoms with Crippen molar-refractivity contribution in [3.05, 3.63) is 17.7 Å². The second-order valence-corrected chi connectivity index (χ2v) is 4.29. The Kier molecular flexibility index (Phi) is 3.12. The number of carbonyl (C=O) groups is 2. The first kappa shape index (κ1) is 11.6. The van der Waals surface area contributed by atoms with E-state index >= 15 is 0 Å². The summed E-state index contributed by atoms with van der Waals surface area (Å²) >= 11 is 0. The largest absolute Gasteiger partial charge is 0.481 e.